The van der Waals surface area contributed by atoms with Gasteiger partial charge in [-0.2, -0.15) is 0 Å². The normalized spacial score (nSPS) is 11.0. The molecule has 2 aromatic rings. The molecule has 0 unspecified atom stereocenters. The molecule has 2 N–H and O–H groups in total. The van der Waals surface area contributed by atoms with Gasteiger partial charge < -0.3 is 25.0 Å². The van der Waals surface area contributed by atoms with Crippen molar-refractivity contribution in [2.75, 3.05) is 33.1 Å². The summed E-state index contributed by atoms with van der Waals surface area (Å²) >= 11 is 0. The van der Waals surface area contributed by atoms with E-state index in [0.29, 0.717) is 33.4 Å². The zero-order valence-electron chi connectivity index (χ0n) is 18.3. The summed E-state index contributed by atoms with van der Waals surface area (Å²) < 4.78 is 8.21. The number of rotatable bonds is 4. The molecule has 1 aliphatic carbocycles. The van der Waals surface area contributed by atoms with E-state index in [2.05, 4.69) is 0 Å². The molecular weight excluding hydrogens is 406 g/mol. The number of nitrogens with two attached hydrogens (primary N) is 1. The van der Waals surface area contributed by atoms with E-state index in [1.807, 2.05) is 74.1 Å². The fraction of sp³-hybridized carbons (Fsp3) is 0.160. The molecular formula is C25H23N3O4. The Labute approximate surface area is 185 Å². The van der Waals surface area contributed by atoms with E-state index in [-0.39, 0.29) is 11.1 Å². The fourth-order valence-electron chi connectivity index (χ4n) is 3.80. The topological polar surface area (TPSA) is 103 Å². The lowest BCUT2D eigenvalue weighted by molar-refractivity contribution is -0.254. The number of carboxylic acids is 1. The van der Waals surface area contributed by atoms with Crippen LogP contribution in [0.1, 0.15) is 20.7 Å². The van der Waals surface area contributed by atoms with Crippen molar-refractivity contribution in [3.8, 4) is 22.5 Å². The second kappa shape index (κ2) is 7.85. The average molecular weight is 429 g/mol. The molecule has 0 spiro atoms. The fourth-order valence-corrected chi connectivity index (χ4v) is 3.80. The van der Waals surface area contributed by atoms with E-state index in [9.17, 15) is 14.7 Å². The van der Waals surface area contributed by atoms with E-state index < -0.39 is 11.9 Å². The number of carbonyl (C=O) groups is 2. The number of aromatic carboxylic acids is 1. The van der Waals surface area contributed by atoms with E-state index in [1.54, 1.807) is 0 Å². The summed E-state index contributed by atoms with van der Waals surface area (Å²) in [5, 5.41) is 13.6. The largest absolute Gasteiger partial charge is 0.545 e. The van der Waals surface area contributed by atoms with Crippen LogP contribution in [0.2, 0.25) is 0 Å². The molecule has 0 radical (unpaired) electrons. The Morgan fingerprint density at radius 2 is 1.72 bits per heavy atom. The molecule has 0 saturated heterocycles. The minimum absolute atomic E-state index is 0.0304. The molecule has 0 saturated carbocycles. The number of anilines is 1. The van der Waals surface area contributed by atoms with Gasteiger partial charge in [-0.25, -0.2) is 4.58 Å². The van der Waals surface area contributed by atoms with Gasteiger partial charge in [-0.3, -0.25) is 4.79 Å². The van der Waals surface area contributed by atoms with Crippen molar-refractivity contribution in [3.05, 3.63) is 71.1 Å². The van der Waals surface area contributed by atoms with Gasteiger partial charge in [0.2, 0.25) is 11.3 Å². The van der Waals surface area contributed by atoms with Crippen LogP contribution in [0, 0.1) is 0 Å². The van der Waals surface area contributed by atoms with Gasteiger partial charge in [-0.05, 0) is 35.9 Å². The van der Waals surface area contributed by atoms with Crippen molar-refractivity contribution in [1.82, 2.24) is 4.58 Å². The van der Waals surface area contributed by atoms with Crippen molar-refractivity contribution < 1.29 is 19.1 Å². The summed E-state index contributed by atoms with van der Waals surface area (Å²) in [7, 11) is 7.71. The molecule has 7 heteroatoms. The maximum Gasteiger partial charge on any atom is 0.248 e. The van der Waals surface area contributed by atoms with Crippen LogP contribution in [-0.2, 0) is 0 Å². The highest BCUT2D eigenvalue weighted by Gasteiger charge is 2.21. The second-order valence-electron chi connectivity index (χ2n) is 8.04. The van der Waals surface area contributed by atoms with E-state index in [1.165, 1.54) is 18.2 Å². The van der Waals surface area contributed by atoms with Gasteiger partial charge in [0.1, 0.15) is 25.4 Å². The Hall–Kier alpha value is -4.13. The lowest BCUT2D eigenvalue weighted by atomic mass is 9.89. The minimum Gasteiger partial charge on any atom is -0.545 e. The van der Waals surface area contributed by atoms with Crippen molar-refractivity contribution in [3.63, 3.8) is 0 Å². The summed E-state index contributed by atoms with van der Waals surface area (Å²) in [6.07, 6.45) is 0. The van der Waals surface area contributed by atoms with E-state index >= 15 is 0 Å². The van der Waals surface area contributed by atoms with Crippen LogP contribution in [0.15, 0.2) is 59.0 Å². The molecule has 2 aromatic carbocycles. The Kier molecular flexibility index (Phi) is 5.18. The molecule has 32 heavy (non-hydrogen) atoms. The second-order valence-corrected chi connectivity index (χ2v) is 8.04. The van der Waals surface area contributed by atoms with Crippen molar-refractivity contribution in [2.24, 2.45) is 5.73 Å². The van der Waals surface area contributed by atoms with Crippen LogP contribution < -0.4 is 25.7 Å². The Balaban J connectivity index is 2.21. The third kappa shape index (κ3) is 3.58. The van der Waals surface area contributed by atoms with Crippen LogP contribution in [-0.4, -0.2) is 40.1 Å². The summed E-state index contributed by atoms with van der Waals surface area (Å²) in [6.45, 7) is 0. The van der Waals surface area contributed by atoms with Crippen LogP contribution in [0.5, 0.6) is 0 Å². The molecule has 4 rings (SSSR count). The van der Waals surface area contributed by atoms with Gasteiger partial charge in [0, 0.05) is 59.6 Å². The molecule has 2 aliphatic rings. The third-order valence-corrected chi connectivity index (χ3v) is 5.52. The van der Waals surface area contributed by atoms with Gasteiger partial charge in [0.15, 0.2) is 0 Å². The first-order chi connectivity index (χ1) is 15.2. The molecule has 0 fully saturated rings. The number of hydrogen-bond donors (Lipinski definition) is 1. The Morgan fingerprint density at radius 1 is 0.969 bits per heavy atom. The Morgan fingerprint density at radius 3 is 2.34 bits per heavy atom. The highest BCUT2D eigenvalue weighted by atomic mass is 16.4. The summed E-state index contributed by atoms with van der Waals surface area (Å²) in [5.41, 5.74) is 8.89. The minimum atomic E-state index is -1.34. The zero-order valence-corrected chi connectivity index (χ0v) is 18.3. The predicted octanol–water partition coefficient (Wildman–Crippen LogP) is 1.76. The number of amides is 1. The third-order valence-electron chi connectivity index (χ3n) is 5.52. The van der Waals surface area contributed by atoms with Crippen LogP contribution in [0.3, 0.4) is 0 Å². The van der Waals surface area contributed by atoms with E-state index in [0.717, 1.165) is 11.0 Å². The molecule has 0 atom stereocenters. The standard InChI is InChI=1S/C25H23N3O4/c1-27(2)15-6-9-18-21(12-15)32-22-13-16(28(3)4)7-10-19(22)23(18)20-11-14(24(26)29)5-8-17(20)25(30)31/h5-13H,1-4H3,(H2-,26,29,30,31). The van der Waals surface area contributed by atoms with Crippen LogP contribution >= 0.6 is 0 Å². The van der Waals surface area contributed by atoms with Gasteiger partial charge in [0.25, 0.3) is 0 Å². The highest BCUT2D eigenvalue weighted by Crippen LogP contribution is 2.42. The Bertz CT molecular complexity index is 1430. The molecule has 7 nitrogen and oxygen atoms in total. The van der Waals surface area contributed by atoms with Crippen molar-refractivity contribution >= 4 is 28.5 Å². The van der Waals surface area contributed by atoms with Crippen molar-refractivity contribution in [2.45, 2.75) is 0 Å². The molecule has 1 amide bonds. The first kappa shape index (κ1) is 21.1. The predicted molar refractivity (Wildman–Crippen MR) is 123 cm³/mol. The molecule has 1 heterocycles. The molecule has 0 bridgehead atoms. The maximum atomic E-state index is 12.0. The lowest BCUT2D eigenvalue weighted by Crippen LogP contribution is -2.24. The lowest BCUT2D eigenvalue weighted by Gasteiger charge is -2.20. The molecule has 1 aliphatic heterocycles. The first-order valence-electron chi connectivity index (χ1n) is 10.0. The summed E-state index contributed by atoms with van der Waals surface area (Å²) in [5.74, 6) is -1.40. The number of carboxylic acid groups (broad SMARTS) is 1. The summed E-state index contributed by atoms with van der Waals surface area (Å²) in [4.78, 5) is 25.8. The molecule has 162 valence electrons. The SMILES string of the molecule is CN(C)c1ccc2c(-c3cc(C(N)=O)ccc3C(=O)[O-])c3ccc(=[N+](C)C)cc-3oc2c1. The van der Waals surface area contributed by atoms with Crippen LogP contribution in [0.4, 0.5) is 5.69 Å². The quantitative estimate of drug-likeness (QED) is 0.393. The van der Waals surface area contributed by atoms with E-state index in [4.69, 9.17) is 10.2 Å². The number of hydrogen-bond acceptors (Lipinski definition) is 5. The van der Waals surface area contributed by atoms with Gasteiger partial charge >= 0.3 is 0 Å². The van der Waals surface area contributed by atoms with Gasteiger partial charge in [-0.1, -0.05) is 6.07 Å². The number of fused-ring (bicyclic) bond motifs is 2. The maximum absolute atomic E-state index is 12.0. The zero-order chi connectivity index (χ0) is 23.2. The highest BCUT2D eigenvalue weighted by molar-refractivity contribution is 6.09. The van der Waals surface area contributed by atoms with Crippen LogP contribution in [0.25, 0.3) is 33.4 Å². The average Bonchev–Trinajstić information content (AvgIpc) is 2.75. The number of primary amides is 1. The smallest absolute Gasteiger partial charge is 0.248 e. The molecule has 0 aromatic heterocycles. The van der Waals surface area contributed by atoms with Crippen molar-refractivity contribution in [1.29, 1.82) is 0 Å². The first-order valence-corrected chi connectivity index (χ1v) is 10.0. The number of nitrogens with zero attached hydrogens (tertiary/aromatic N) is 2. The monoisotopic (exact) mass is 429 g/mol. The van der Waals surface area contributed by atoms with Gasteiger partial charge in [0.05, 0.1) is 12.0 Å². The van der Waals surface area contributed by atoms with Gasteiger partial charge in [-0.15, -0.1) is 0 Å². The summed E-state index contributed by atoms with van der Waals surface area (Å²) in [6, 6.07) is 15.7. The number of carbonyl (C=O) groups excluding carboxylic acids is 2. The number of benzene rings is 3.